The van der Waals surface area contributed by atoms with E-state index in [1.54, 1.807) is 18.2 Å². The van der Waals surface area contributed by atoms with Crippen molar-refractivity contribution < 1.29 is 23.7 Å². The SMILES string of the molecule is CCOc1ccc(C(=O)Nc2cc(OC)c(OC)c(OC)c2)nn1. The summed E-state index contributed by atoms with van der Waals surface area (Å²) in [5.74, 6) is 1.26. The number of hydrogen-bond acceptors (Lipinski definition) is 7. The smallest absolute Gasteiger partial charge is 0.276 e. The predicted molar refractivity (Wildman–Crippen MR) is 87.3 cm³/mol. The Balaban J connectivity index is 2.22. The Kier molecular flexibility index (Phi) is 5.78. The van der Waals surface area contributed by atoms with E-state index >= 15 is 0 Å². The standard InChI is InChI=1S/C16H19N3O5/c1-5-24-14-7-6-11(18-19-14)16(20)17-10-8-12(21-2)15(23-4)13(9-10)22-3/h6-9H,5H2,1-4H3,(H,17,20). The summed E-state index contributed by atoms with van der Waals surface area (Å²) in [4.78, 5) is 12.3. The number of ether oxygens (including phenoxy) is 4. The van der Waals surface area contributed by atoms with Crippen LogP contribution in [0.2, 0.25) is 0 Å². The third-order valence-corrected chi connectivity index (χ3v) is 3.09. The summed E-state index contributed by atoms with van der Waals surface area (Å²) in [5, 5.41) is 10.4. The van der Waals surface area contributed by atoms with Crippen LogP contribution in [0.4, 0.5) is 5.69 Å². The van der Waals surface area contributed by atoms with E-state index in [0.717, 1.165) is 0 Å². The van der Waals surface area contributed by atoms with Crippen LogP contribution in [0.25, 0.3) is 0 Å². The van der Waals surface area contributed by atoms with Gasteiger partial charge < -0.3 is 24.3 Å². The number of aromatic nitrogens is 2. The highest BCUT2D eigenvalue weighted by Gasteiger charge is 2.16. The van der Waals surface area contributed by atoms with Gasteiger partial charge in [0.05, 0.1) is 27.9 Å². The zero-order valence-corrected chi connectivity index (χ0v) is 14.0. The van der Waals surface area contributed by atoms with Gasteiger partial charge in [-0.05, 0) is 13.0 Å². The Hall–Kier alpha value is -3.03. The Labute approximate surface area is 139 Å². The first-order chi connectivity index (χ1) is 11.6. The second-order valence-electron chi connectivity index (χ2n) is 4.56. The summed E-state index contributed by atoms with van der Waals surface area (Å²) in [6, 6.07) is 6.37. The fourth-order valence-corrected chi connectivity index (χ4v) is 2.01. The van der Waals surface area contributed by atoms with E-state index in [-0.39, 0.29) is 5.69 Å². The molecular formula is C16H19N3O5. The van der Waals surface area contributed by atoms with Gasteiger partial charge >= 0.3 is 0 Å². The van der Waals surface area contributed by atoms with E-state index in [9.17, 15) is 4.79 Å². The van der Waals surface area contributed by atoms with Gasteiger partial charge in [0.1, 0.15) is 0 Å². The maximum atomic E-state index is 12.3. The third-order valence-electron chi connectivity index (χ3n) is 3.09. The van der Waals surface area contributed by atoms with Crippen molar-refractivity contribution in [2.75, 3.05) is 33.3 Å². The van der Waals surface area contributed by atoms with Gasteiger partial charge in [0.15, 0.2) is 17.2 Å². The summed E-state index contributed by atoms with van der Waals surface area (Å²) < 4.78 is 20.9. The third kappa shape index (κ3) is 3.83. The second-order valence-corrected chi connectivity index (χ2v) is 4.56. The van der Waals surface area contributed by atoms with E-state index in [1.165, 1.54) is 27.4 Å². The summed E-state index contributed by atoms with van der Waals surface area (Å²) in [7, 11) is 4.51. The zero-order valence-electron chi connectivity index (χ0n) is 14.0. The van der Waals surface area contributed by atoms with Gasteiger partial charge in [0.2, 0.25) is 11.6 Å². The van der Waals surface area contributed by atoms with Crippen molar-refractivity contribution in [3.8, 4) is 23.1 Å². The summed E-state index contributed by atoms with van der Waals surface area (Å²) in [5.41, 5.74) is 0.636. The molecular weight excluding hydrogens is 314 g/mol. The normalized spacial score (nSPS) is 10.0. The Bertz CT molecular complexity index is 678. The molecule has 0 spiro atoms. The molecule has 0 fully saturated rings. The van der Waals surface area contributed by atoms with Gasteiger partial charge in [-0.15, -0.1) is 10.2 Å². The number of nitrogens with zero attached hydrogens (tertiary/aromatic N) is 2. The first kappa shape index (κ1) is 17.3. The topological polar surface area (TPSA) is 91.8 Å². The van der Waals surface area contributed by atoms with Gasteiger partial charge in [0, 0.05) is 23.9 Å². The number of carbonyl (C=O) groups is 1. The Morgan fingerprint density at radius 3 is 2.17 bits per heavy atom. The highest BCUT2D eigenvalue weighted by Crippen LogP contribution is 2.39. The molecule has 0 radical (unpaired) electrons. The van der Waals surface area contributed by atoms with Crippen molar-refractivity contribution >= 4 is 11.6 Å². The average molecular weight is 333 g/mol. The van der Waals surface area contributed by atoms with Crippen LogP contribution in [-0.2, 0) is 0 Å². The molecule has 1 amide bonds. The molecule has 0 saturated heterocycles. The van der Waals surface area contributed by atoms with Gasteiger partial charge in [-0.25, -0.2) is 0 Å². The number of benzene rings is 1. The lowest BCUT2D eigenvalue weighted by Gasteiger charge is -2.14. The highest BCUT2D eigenvalue weighted by atomic mass is 16.5. The molecule has 0 aliphatic rings. The van der Waals surface area contributed by atoms with Crippen LogP contribution in [0.3, 0.4) is 0 Å². The van der Waals surface area contributed by atoms with Gasteiger partial charge in [-0.3, -0.25) is 4.79 Å². The first-order valence-corrected chi connectivity index (χ1v) is 7.20. The molecule has 0 bridgehead atoms. The molecule has 8 heteroatoms. The van der Waals surface area contributed by atoms with Gasteiger partial charge in [-0.1, -0.05) is 0 Å². The monoisotopic (exact) mass is 333 g/mol. The molecule has 1 N–H and O–H groups in total. The minimum Gasteiger partial charge on any atom is -0.493 e. The minimum atomic E-state index is -0.417. The van der Waals surface area contributed by atoms with Crippen molar-refractivity contribution in [2.45, 2.75) is 6.92 Å². The highest BCUT2D eigenvalue weighted by molar-refractivity contribution is 6.03. The van der Waals surface area contributed by atoms with Crippen LogP contribution in [0.15, 0.2) is 24.3 Å². The zero-order chi connectivity index (χ0) is 17.5. The van der Waals surface area contributed by atoms with Crippen molar-refractivity contribution in [3.63, 3.8) is 0 Å². The van der Waals surface area contributed by atoms with E-state index in [1.807, 2.05) is 6.92 Å². The molecule has 8 nitrogen and oxygen atoms in total. The van der Waals surface area contributed by atoms with Crippen molar-refractivity contribution in [1.82, 2.24) is 10.2 Å². The predicted octanol–water partition coefficient (Wildman–Crippen LogP) is 2.15. The first-order valence-electron chi connectivity index (χ1n) is 7.20. The molecule has 128 valence electrons. The van der Waals surface area contributed by atoms with E-state index in [2.05, 4.69) is 15.5 Å². The molecule has 1 aromatic heterocycles. The van der Waals surface area contributed by atoms with Crippen molar-refractivity contribution in [3.05, 3.63) is 30.0 Å². The molecule has 1 aromatic carbocycles. The molecule has 0 unspecified atom stereocenters. The van der Waals surface area contributed by atoms with Gasteiger partial charge in [0.25, 0.3) is 5.91 Å². The lowest BCUT2D eigenvalue weighted by atomic mass is 10.2. The number of amides is 1. The Morgan fingerprint density at radius 1 is 1.04 bits per heavy atom. The van der Waals surface area contributed by atoms with Crippen LogP contribution in [0, 0.1) is 0 Å². The molecule has 1 heterocycles. The summed E-state index contributed by atoms with van der Waals surface area (Å²) in [6.07, 6.45) is 0. The second kappa shape index (κ2) is 8.00. The number of methoxy groups -OCH3 is 3. The van der Waals surface area contributed by atoms with E-state index in [0.29, 0.717) is 35.4 Å². The fourth-order valence-electron chi connectivity index (χ4n) is 2.01. The summed E-state index contributed by atoms with van der Waals surface area (Å²) in [6.45, 7) is 2.32. The Morgan fingerprint density at radius 2 is 1.71 bits per heavy atom. The van der Waals surface area contributed by atoms with Crippen LogP contribution >= 0.6 is 0 Å². The lowest BCUT2D eigenvalue weighted by Crippen LogP contribution is -2.14. The minimum absolute atomic E-state index is 0.159. The molecule has 0 aliphatic carbocycles. The maximum absolute atomic E-state index is 12.3. The maximum Gasteiger partial charge on any atom is 0.276 e. The number of nitrogens with one attached hydrogen (secondary N) is 1. The number of hydrogen-bond donors (Lipinski definition) is 1. The number of carbonyl (C=O) groups excluding carboxylic acids is 1. The quantitative estimate of drug-likeness (QED) is 0.830. The van der Waals surface area contributed by atoms with Crippen molar-refractivity contribution in [1.29, 1.82) is 0 Å². The molecule has 0 aliphatic heterocycles. The van der Waals surface area contributed by atoms with E-state index in [4.69, 9.17) is 18.9 Å². The summed E-state index contributed by atoms with van der Waals surface area (Å²) >= 11 is 0. The van der Waals surface area contributed by atoms with Crippen molar-refractivity contribution in [2.24, 2.45) is 0 Å². The average Bonchev–Trinajstić information content (AvgIpc) is 2.61. The van der Waals surface area contributed by atoms with E-state index < -0.39 is 5.91 Å². The molecule has 0 saturated carbocycles. The largest absolute Gasteiger partial charge is 0.493 e. The van der Waals surface area contributed by atoms with Crippen LogP contribution in [-0.4, -0.2) is 44.0 Å². The molecule has 2 rings (SSSR count). The fraction of sp³-hybridized carbons (Fsp3) is 0.312. The number of rotatable bonds is 7. The molecule has 0 atom stereocenters. The van der Waals surface area contributed by atoms with Crippen LogP contribution < -0.4 is 24.3 Å². The van der Waals surface area contributed by atoms with Crippen LogP contribution in [0.5, 0.6) is 23.1 Å². The molecule has 24 heavy (non-hydrogen) atoms. The molecule has 2 aromatic rings. The lowest BCUT2D eigenvalue weighted by molar-refractivity contribution is 0.102. The van der Waals surface area contributed by atoms with Crippen LogP contribution in [0.1, 0.15) is 17.4 Å². The number of anilines is 1. The van der Waals surface area contributed by atoms with Gasteiger partial charge in [-0.2, -0.15) is 0 Å².